The van der Waals surface area contributed by atoms with Gasteiger partial charge in [-0.15, -0.1) is 11.8 Å². The molecule has 4 nitrogen and oxygen atoms in total. The number of fused-ring (bicyclic) bond motifs is 1. The second-order valence-corrected chi connectivity index (χ2v) is 6.95. The van der Waals surface area contributed by atoms with E-state index in [0.717, 1.165) is 9.37 Å². The maximum Gasteiger partial charge on any atom is 0.257 e. The van der Waals surface area contributed by atoms with Crippen LogP contribution in [-0.4, -0.2) is 25.4 Å². The lowest BCUT2D eigenvalue weighted by molar-refractivity contribution is 0.102. The molecule has 23 heavy (non-hydrogen) atoms. The first kappa shape index (κ1) is 16.5. The molecular formula is C16H13BrClNO3S. The Kier molecular flexibility index (Phi) is 5.04. The largest absolute Gasteiger partial charge is 0.486 e. The molecule has 0 spiro atoms. The molecule has 0 aliphatic carbocycles. The highest BCUT2D eigenvalue weighted by Crippen LogP contribution is 2.39. The van der Waals surface area contributed by atoms with Crippen molar-refractivity contribution in [2.75, 3.05) is 24.8 Å². The van der Waals surface area contributed by atoms with Crippen molar-refractivity contribution in [3.63, 3.8) is 0 Å². The van der Waals surface area contributed by atoms with Gasteiger partial charge in [-0.3, -0.25) is 4.79 Å². The molecular weight excluding hydrogens is 402 g/mol. The van der Waals surface area contributed by atoms with Crippen LogP contribution in [0.4, 0.5) is 5.69 Å². The first-order chi connectivity index (χ1) is 11.1. The first-order valence-corrected chi connectivity index (χ1v) is 9.22. The van der Waals surface area contributed by atoms with Gasteiger partial charge in [-0.1, -0.05) is 27.5 Å². The average molecular weight is 415 g/mol. The molecule has 1 aliphatic rings. The Hall–Kier alpha value is -1.37. The monoisotopic (exact) mass is 413 g/mol. The minimum Gasteiger partial charge on any atom is -0.486 e. The Morgan fingerprint density at radius 2 is 1.91 bits per heavy atom. The molecule has 120 valence electrons. The predicted octanol–water partition coefficient (Wildman–Crippen LogP) is 4.85. The summed E-state index contributed by atoms with van der Waals surface area (Å²) < 4.78 is 12.0. The molecule has 1 N–H and O–H groups in total. The van der Waals surface area contributed by atoms with Crippen molar-refractivity contribution in [2.45, 2.75) is 4.90 Å². The van der Waals surface area contributed by atoms with Crippen LogP contribution in [0.25, 0.3) is 0 Å². The number of hydrogen-bond donors (Lipinski definition) is 1. The third-order valence-electron chi connectivity index (χ3n) is 3.29. The number of anilines is 1. The molecule has 0 saturated carbocycles. The van der Waals surface area contributed by atoms with Gasteiger partial charge in [-0.2, -0.15) is 0 Å². The summed E-state index contributed by atoms with van der Waals surface area (Å²) in [6.07, 6.45) is 1.94. The Balaban J connectivity index is 1.91. The van der Waals surface area contributed by atoms with Crippen LogP contribution >= 0.6 is 39.3 Å². The summed E-state index contributed by atoms with van der Waals surface area (Å²) >= 11 is 11.0. The summed E-state index contributed by atoms with van der Waals surface area (Å²) in [5.41, 5.74) is 1.09. The molecule has 0 unspecified atom stereocenters. The van der Waals surface area contributed by atoms with Crippen molar-refractivity contribution in [3.05, 3.63) is 45.4 Å². The zero-order valence-corrected chi connectivity index (χ0v) is 15.3. The van der Waals surface area contributed by atoms with Gasteiger partial charge in [0.05, 0.1) is 16.3 Å². The summed E-state index contributed by atoms with van der Waals surface area (Å²) in [4.78, 5) is 13.4. The minimum absolute atomic E-state index is 0.269. The molecule has 0 atom stereocenters. The van der Waals surface area contributed by atoms with E-state index >= 15 is 0 Å². The summed E-state index contributed by atoms with van der Waals surface area (Å²) in [5, 5.41) is 3.28. The first-order valence-electron chi connectivity index (χ1n) is 6.82. The third-order valence-corrected chi connectivity index (χ3v) is 4.87. The lowest BCUT2D eigenvalue weighted by atomic mass is 10.2. The van der Waals surface area contributed by atoms with Gasteiger partial charge in [-0.25, -0.2) is 0 Å². The number of carbonyl (C=O) groups is 1. The van der Waals surface area contributed by atoms with Crippen molar-refractivity contribution in [1.29, 1.82) is 0 Å². The topological polar surface area (TPSA) is 47.6 Å². The highest BCUT2D eigenvalue weighted by Gasteiger charge is 2.18. The van der Waals surface area contributed by atoms with Gasteiger partial charge >= 0.3 is 0 Å². The third kappa shape index (κ3) is 3.59. The zero-order chi connectivity index (χ0) is 16.4. The normalized spacial score (nSPS) is 12.8. The molecule has 2 aromatic rings. The predicted molar refractivity (Wildman–Crippen MR) is 96.3 cm³/mol. The number of halogens is 2. The van der Waals surface area contributed by atoms with E-state index in [4.69, 9.17) is 21.1 Å². The van der Waals surface area contributed by atoms with E-state index in [9.17, 15) is 4.79 Å². The van der Waals surface area contributed by atoms with E-state index in [1.807, 2.05) is 12.3 Å². The van der Waals surface area contributed by atoms with E-state index in [2.05, 4.69) is 21.2 Å². The fourth-order valence-corrected chi connectivity index (χ4v) is 3.51. The van der Waals surface area contributed by atoms with Gasteiger partial charge in [0.25, 0.3) is 5.91 Å². The van der Waals surface area contributed by atoms with E-state index in [1.54, 1.807) is 24.3 Å². The van der Waals surface area contributed by atoms with Crippen molar-refractivity contribution in [1.82, 2.24) is 0 Å². The Morgan fingerprint density at radius 3 is 2.57 bits per heavy atom. The smallest absolute Gasteiger partial charge is 0.257 e. The van der Waals surface area contributed by atoms with Crippen LogP contribution in [0.2, 0.25) is 5.02 Å². The molecule has 1 aliphatic heterocycles. The number of carbonyl (C=O) groups excluding carboxylic acids is 1. The van der Waals surface area contributed by atoms with Crippen molar-refractivity contribution >= 4 is 50.9 Å². The molecule has 1 heterocycles. The number of amides is 1. The second kappa shape index (κ2) is 7.03. The highest BCUT2D eigenvalue weighted by atomic mass is 79.9. The standard InChI is InChI=1S/C16H13BrClNO3S/c1-23-15-8-14-13(21-4-5-22-14)7-12(15)19-16(20)10-3-2-9(17)6-11(10)18/h2-3,6-8H,4-5H2,1H3,(H,19,20). The van der Waals surface area contributed by atoms with Crippen molar-refractivity contribution in [3.8, 4) is 11.5 Å². The lowest BCUT2D eigenvalue weighted by Crippen LogP contribution is -2.17. The molecule has 1 amide bonds. The van der Waals surface area contributed by atoms with E-state index in [0.29, 0.717) is 41.0 Å². The highest BCUT2D eigenvalue weighted by molar-refractivity contribution is 9.10. The van der Waals surface area contributed by atoms with Gasteiger partial charge < -0.3 is 14.8 Å². The van der Waals surface area contributed by atoms with E-state index in [1.165, 1.54) is 11.8 Å². The quantitative estimate of drug-likeness (QED) is 0.730. The molecule has 3 rings (SSSR count). The van der Waals surface area contributed by atoms with E-state index < -0.39 is 0 Å². The molecule has 7 heteroatoms. The van der Waals surface area contributed by atoms with Crippen LogP contribution in [0.5, 0.6) is 11.5 Å². The van der Waals surface area contributed by atoms with Crippen LogP contribution in [0.1, 0.15) is 10.4 Å². The van der Waals surface area contributed by atoms with Gasteiger partial charge in [0, 0.05) is 15.4 Å². The fraction of sp³-hybridized carbons (Fsp3) is 0.188. The number of benzene rings is 2. The summed E-state index contributed by atoms with van der Waals surface area (Å²) in [5.74, 6) is 1.06. The van der Waals surface area contributed by atoms with Gasteiger partial charge in [0.15, 0.2) is 11.5 Å². The van der Waals surface area contributed by atoms with Crippen LogP contribution in [0, 0.1) is 0 Å². The van der Waals surface area contributed by atoms with Crippen LogP contribution in [0.15, 0.2) is 39.7 Å². The van der Waals surface area contributed by atoms with Crippen LogP contribution < -0.4 is 14.8 Å². The molecule has 0 saturated heterocycles. The SMILES string of the molecule is CSc1cc2c(cc1NC(=O)c1ccc(Br)cc1Cl)OCCO2. The second-order valence-electron chi connectivity index (χ2n) is 4.77. The maximum absolute atomic E-state index is 12.5. The fourth-order valence-electron chi connectivity index (χ4n) is 2.20. The number of hydrogen-bond acceptors (Lipinski definition) is 4. The summed E-state index contributed by atoms with van der Waals surface area (Å²) in [6, 6.07) is 8.80. The number of nitrogens with one attached hydrogen (secondary N) is 1. The number of ether oxygens (including phenoxy) is 2. The molecule has 0 aromatic heterocycles. The van der Waals surface area contributed by atoms with Crippen LogP contribution in [0.3, 0.4) is 0 Å². The number of rotatable bonds is 3. The van der Waals surface area contributed by atoms with Gasteiger partial charge in [0.1, 0.15) is 13.2 Å². The maximum atomic E-state index is 12.5. The van der Waals surface area contributed by atoms with Crippen molar-refractivity contribution in [2.24, 2.45) is 0 Å². The van der Waals surface area contributed by atoms with Crippen LogP contribution in [-0.2, 0) is 0 Å². The molecule has 0 bridgehead atoms. The number of thioether (sulfide) groups is 1. The van der Waals surface area contributed by atoms with E-state index in [-0.39, 0.29) is 5.91 Å². The minimum atomic E-state index is -0.269. The summed E-state index contributed by atoms with van der Waals surface area (Å²) in [7, 11) is 0. The van der Waals surface area contributed by atoms with Gasteiger partial charge in [-0.05, 0) is 30.5 Å². The Labute approximate surface area is 151 Å². The lowest BCUT2D eigenvalue weighted by Gasteiger charge is -2.21. The van der Waals surface area contributed by atoms with Gasteiger partial charge in [0.2, 0.25) is 0 Å². The molecule has 0 fully saturated rings. The average Bonchev–Trinajstić information content (AvgIpc) is 2.54. The molecule has 2 aromatic carbocycles. The Morgan fingerprint density at radius 1 is 1.22 bits per heavy atom. The zero-order valence-electron chi connectivity index (χ0n) is 12.2. The molecule has 0 radical (unpaired) electrons. The van der Waals surface area contributed by atoms with Crippen molar-refractivity contribution < 1.29 is 14.3 Å². The summed E-state index contributed by atoms with van der Waals surface area (Å²) in [6.45, 7) is 1.03. The Bertz CT molecular complexity index is 769.